The maximum atomic E-state index is 6.45. The summed E-state index contributed by atoms with van der Waals surface area (Å²) in [5.41, 5.74) is 0.268. The standard InChI is InChI=1S/C13H23IO/c1-2-13(11-6-3-4-7-11)9-5-8-12(10-14)15-13/h11-12H,2-10H2,1H3. The minimum atomic E-state index is 0.268. The summed E-state index contributed by atoms with van der Waals surface area (Å²) in [6.07, 6.45) is 11.5. The molecule has 0 spiro atoms. The molecule has 2 heteroatoms. The van der Waals surface area contributed by atoms with Gasteiger partial charge in [0, 0.05) is 4.43 Å². The highest BCUT2D eigenvalue weighted by Crippen LogP contribution is 2.45. The van der Waals surface area contributed by atoms with Crippen molar-refractivity contribution in [3.63, 3.8) is 0 Å². The molecule has 2 atom stereocenters. The number of hydrogen-bond donors (Lipinski definition) is 0. The van der Waals surface area contributed by atoms with Crippen molar-refractivity contribution >= 4 is 22.6 Å². The van der Waals surface area contributed by atoms with Gasteiger partial charge in [0.25, 0.3) is 0 Å². The first kappa shape index (κ1) is 12.2. The minimum Gasteiger partial charge on any atom is -0.371 e. The third-order valence-electron chi connectivity index (χ3n) is 4.40. The first-order valence-electron chi connectivity index (χ1n) is 6.54. The quantitative estimate of drug-likeness (QED) is 0.555. The van der Waals surface area contributed by atoms with Gasteiger partial charge in [-0.1, -0.05) is 42.4 Å². The normalized spacial score (nSPS) is 38.4. The summed E-state index contributed by atoms with van der Waals surface area (Å²) in [6, 6.07) is 0. The Bertz CT molecular complexity index is 201. The van der Waals surface area contributed by atoms with E-state index in [1.165, 1.54) is 55.8 Å². The van der Waals surface area contributed by atoms with Crippen molar-refractivity contribution in [1.82, 2.24) is 0 Å². The van der Waals surface area contributed by atoms with Crippen LogP contribution < -0.4 is 0 Å². The fourth-order valence-electron chi connectivity index (χ4n) is 3.49. The number of hydrogen-bond acceptors (Lipinski definition) is 1. The van der Waals surface area contributed by atoms with Crippen molar-refractivity contribution < 1.29 is 4.74 Å². The van der Waals surface area contributed by atoms with Gasteiger partial charge in [-0.05, 0) is 44.4 Å². The van der Waals surface area contributed by atoms with Gasteiger partial charge < -0.3 is 4.74 Å². The zero-order chi connectivity index (χ0) is 10.7. The molecule has 2 aliphatic rings. The molecule has 1 aliphatic heterocycles. The van der Waals surface area contributed by atoms with Crippen LogP contribution in [-0.2, 0) is 4.74 Å². The largest absolute Gasteiger partial charge is 0.371 e. The van der Waals surface area contributed by atoms with Crippen molar-refractivity contribution in [1.29, 1.82) is 0 Å². The SMILES string of the molecule is CCC1(C2CCCC2)CCCC(CI)O1. The Kier molecular flexibility index (Phi) is 4.33. The van der Waals surface area contributed by atoms with Crippen LogP contribution in [0, 0.1) is 5.92 Å². The number of alkyl halides is 1. The van der Waals surface area contributed by atoms with E-state index in [1.54, 1.807) is 0 Å². The fraction of sp³-hybridized carbons (Fsp3) is 1.00. The Labute approximate surface area is 107 Å². The van der Waals surface area contributed by atoms with E-state index in [4.69, 9.17) is 4.74 Å². The first-order valence-corrected chi connectivity index (χ1v) is 8.07. The second kappa shape index (κ2) is 5.35. The molecule has 15 heavy (non-hydrogen) atoms. The second-order valence-electron chi connectivity index (χ2n) is 5.19. The van der Waals surface area contributed by atoms with E-state index >= 15 is 0 Å². The molecule has 2 unspecified atom stereocenters. The Hall–Kier alpha value is 0.690. The highest BCUT2D eigenvalue weighted by Gasteiger charge is 2.42. The summed E-state index contributed by atoms with van der Waals surface area (Å²) in [5.74, 6) is 0.869. The van der Waals surface area contributed by atoms with Crippen molar-refractivity contribution in [3.8, 4) is 0 Å². The van der Waals surface area contributed by atoms with Crippen LogP contribution in [0.3, 0.4) is 0 Å². The predicted octanol–water partition coefficient (Wildman–Crippen LogP) is 4.33. The molecule has 0 radical (unpaired) electrons. The number of rotatable bonds is 3. The first-order chi connectivity index (χ1) is 7.30. The van der Waals surface area contributed by atoms with Crippen LogP contribution in [-0.4, -0.2) is 16.1 Å². The fourth-order valence-corrected chi connectivity index (χ4v) is 4.11. The summed E-state index contributed by atoms with van der Waals surface area (Å²) >= 11 is 2.48. The molecule has 1 saturated carbocycles. The summed E-state index contributed by atoms with van der Waals surface area (Å²) < 4.78 is 7.62. The van der Waals surface area contributed by atoms with Gasteiger partial charge in [0.15, 0.2) is 0 Å². The summed E-state index contributed by atoms with van der Waals surface area (Å²) in [5, 5.41) is 0. The summed E-state index contributed by atoms with van der Waals surface area (Å²) in [6.45, 7) is 2.33. The molecule has 1 aliphatic carbocycles. The van der Waals surface area contributed by atoms with Gasteiger partial charge in [-0.25, -0.2) is 0 Å². The second-order valence-corrected chi connectivity index (χ2v) is 6.07. The van der Waals surface area contributed by atoms with Crippen LogP contribution in [0.15, 0.2) is 0 Å². The van der Waals surface area contributed by atoms with E-state index in [0.29, 0.717) is 6.10 Å². The molecule has 2 rings (SSSR count). The van der Waals surface area contributed by atoms with E-state index in [-0.39, 0.29) is 5.60 Å². The van der Waals surface area contributed by atoms with Gasteiger partial charge in [0.05, 0.1) is 11.7 Å². The van der Waals surface area contributed by atoms with Gasteiger partial charge in [0.1, 0.15) is 0 Å². The van der Waals surface area contributed by atoms with Crippen LogP contribution >= 0.6 is 22.6 Å². The van der Waals surface area contributed by atoms with Gasteiger partial charge in [-0.2, -0.15) is 0 Å². The van der Waals surface area contributed by atoms with E-state index in [9.17, 15) is 0 Å². The molecule has 0 aromatic carbocycles. The predicted molar refractivity (Wildman–Crippen MR) is 72.6 cm³/mol. The molecule has 0 N–H and O–H groups in total. The van der Waals surface area contributed by atoms with Gasteiger partial charge in [-0.15, -0.1) is 0 Å². The molecule has 1 nitrogen and oxygen atoms in total. The van der Waals surface area contributed by atoms with Crippen LogP contribution in [0.2, 0.25) is 0 Å². The monoisotopic (exact) mass is 322 g/mol. The molecule has 88 valence electrons. The van der Waals surface area contributed by atoms with Crippen LogP contribution in [0.25, 0.3) is 0 Å². The lowest BCUT2D eigenvalue weighted by Gasteiger charge is -2.44. The lowest BCUT2D eigenvalue weighted by molar-refractivity contribution is -0.151. The number of ether oxygens (including phenoxy) is 1. The van der Waals surface area contributed by atoms with Gasteiger partial charge >= 0.3 is 0 Å². The Balaban J connectivity index is 2.05. The van der Waals surface area contributed by atoms with Crippen LogP contribution in [0.4, 0.5) is 0 Å². The smallest absolute Gasteiger partial charge is 0.0712 e. The highest BCUT2D eigenvalue weighted by atomic mass is 127. The van der Waals surface area contributed by atoms with E-state index < -0.39 is 0 Å². The van der Waals surface area contributed by atoms with E-state index in [2.05, 4.69) is 29.5 Å². The highest BCUT2D eigenvalue weighted by molar-refractivity contribution is 14.1. The molecule has 0 amide bonds. The maximum Gasteiger partial charge on any atom is 0.0712 e. The minimum absolute atomic E-state index is 0.268. The zero-order valence-corrected chi connectivity index (χ0v) is 12.0. The molecule has 1 saturated heterocycles. The third-order valence-corrected chi connectivity index (χ3v) is 5.38. The topological polar surface area (TPSA) is 9.23 Å². The lowest BCUT2D eigenvalue weighted by Crippen LogP contribution is -2.46. The van der Waals surface area contributed by atoms with Crippen LogP contribution in [0.5, 0.6) is 0 Å². The lowest BCUT2D eigenvalue weighted by atomic mass is 9.77. The molecule has 2 fully saturated rings. The average molecular weight is 322 g/mol. The van der Waals surface area contributed by atoms with Crippen molar-refractivity contribution in [2.24, 2.45) is 5.92 Å². The summed E-state index contributed by atoms with van der Waals surface area (Å²) in [7, 11) is 0. The van der Waals surface area contributed by atoms with Crippen molar-refractivity contribution in [2.75, 3.05) is 4.43 Å². The van der Waals surface area contributed by atoms with Crippen molar-refractivity contribution in [2.45, 2.75) is 70.0 Å². The average Bonchev–Trinajstić information content (AvgIpc) is 2.83. The van der Waals surface area contributed by atoms with Gasteiger partial charge in [0.2, 0.25) is 0 Å². The maximum absolute atomic E-state index is 6.45. The Morgan fingerprint density at radius 3 is 2.53 bits per heavy atom. The van der Waals surface area contributed by atoms with E-state index in [0.717, 1.165) is 5.92 Å². The Morgan fingerprint density at radius 2 is 1.93 bits per heavy atom. The molecule has 0 aromatic heterocycles. The molecular formula is C13H23IO. The Morgan fingerprint density at radius 1 is 1.20 bits per heavy atom. The van der Waals surface area contributed by atoms with Crippen LogP contribution in [0.1, 0.15) is 58.3 Å². The molecule has 0 aromatic rings. The third kappa shape index (κ3) is 2.51. The van der Waals surface area contributed by atoms with E-state index in [1.807, 2.05) is 0 Å². The van der Waals surface area contributed by atoms with Crippen molar-refractivity contribution in [3.05, 3.63) is 0 Å². The molecular weight excluding hydrogens is 299 g/mol. The number of halogens is 1. The zero-order valence-electron chi connectivity index (χ0n) is 9.80. The molecule has 1 heterocycles. The van der Waals surface area contributed by atoms with Gasteiger partial charge in [-0.3, -0.25) is 0 Å². The molecule has 0 bridgehead atoms. The summed E-state index contributed by atoms with van der Waals surface area (Å²) in [4.78, 5) is 0.